The second-order valence-corrected chi connectivity index (χ2v) is 4.89. The topological polar surface area (TPSA) is 29.5 Å². The lowest BCUT2D eigenvalue weighted by molar-refractivity contribution is -0.00847. The molecule has 1 aliphatic rings. The van der Waals surface area contributed by atoms with E-state index in [1.165, 1.54) is 12.1 Å². The third-order valence-corrected chi connectivity index (χ3v) is 3.54. The van der Waals surface area contributed by atoms with Crippen molar-refractivity contribution in [3.05, 3.63) is 34.6 Å². The van der Waals surface area contributed by atoms with Crippen LogP contribution in [0, 0.1) is 11.7 Å². The Bertz CT molecular complexity index is 378. The van der Waals surface area contributed by atoms with Crippen LogP contribution in [-0.2, 0) is 11.2 Å². The summed E-state index contributed by atoms with van der Waals surface area (Å²) in [5, 5.41) is 10.5. The van der Waals surface area contributed by atoms with Crippen molar-refractivity contribution >= 4 is 11.6 Å². The second-order valence-electron chi connectivity index (χ2n) is 4.48. The van der Waals surface area contributed by atoms with Crippen molar-refractivity contribution in [2.24, 2.45) is 5.92 Å². The van der Waals surface area contributed by atoms with Crippen LogP contribution in [0.15, 0.2) is 18.2 Å². The number of benzene rings is 1. The van der Waals surface area contributed by atoms with Gasteiger partial charge in [0.25, 0.3) is 0 Å². The Morgan fingerprint density at radius 3 is 3.00 bits per heavy atom. The zero-order chi connectivity index (χ0) is 12.3. The molecule has 0 saturated carbocycles. The average molecular weight is 259 g/mol. The third kappa shape index (κ3) is 3.41. The minimum Gasteiger partial charge on any atom is -0.392 e. The molecule has 1 heterocycles. The molecule has 0 bridgehead atoms. The number of aliphatic hydroxyl groups excluding tert-OH is 1. The van der Waals surface area contributed by atoms with Crippen LogP contribution < -0.4 is 0 Å². The lowest BCUT2D eigenvalue weighted by Gasteiger charge is -2.26. The van der Waals surface area contributed by atoms with E-state index in [4.69, 9.17) is 16.3 Å². The molecule has 0 aromatic heterocycles. The SMILES string of the molecule is OC(Cc1ccc(F)cc1Cl)C1CCCOC1. The van der Waals surface area contributed by atoms with Crippen LogP contribution >= 0.6 is 11.6 Å². The summed E-state index contributed by atoms with van der Waals surface area (Å²) in [5.74, 6) is -0.195. The van der Waals surface area contributed by atoms with Crippen LogP contribution in [0.4, 0.5) is 4.39 Å². The zero-order valence-corrected chi connectivity index (χ0v) is 10.3. The Labute approximate surface area is 105 Å². The quantitative estimate of drug-likeness (QED) is 0.903. The van der Waals surface area contributed by atoms with Gasteiger partial charge >= 0.3 is 0 Å². The lowest BCUT2D eigenvalue weighted by Crippen LogP contribution is -2.30. The summed E-state index contributed by atoms with van der Waals surface area (Å²) < 4.78 is 18.2. The molecule has 0 aliphatic carbocycles. The predicted octanol–water partition coefficient (Wildman–Crippen LogP) is 2.81. The number of ether oxygens (including phenoxy) is 1. The fourth-order valence-corrected chi connectivity index (χ4v) is 2.39. The van der Waals surface area contributed by atoms with Gasteiger partial charge in [-0.05, 0) is 30.5 Å². The summed E-state index contributed by atoms with van der Waals surface area (Å²) in [5.41, 5.74) is 0.783. The molecule has 1 N–H and O–H groups in total. The largest absolute Gasteiger partial charge is 0.392 e. The third-order valence-electron chi connectivity index (χ3n) is 3.18. The Morgan fingerprint density at radius 2 is 2.35 bits per heavy atom. The maximum Gasteiger partial charge on any atom is 0.124 e. The molecule has 1 fully saturated rings. The normalized spacial score (nSPS) is 22.4. The Balaban J connectivity index is 1.99. The summed E-state index contributed by atoms with van der Waals surface area (Å²) in [7, 11) is 0. The molecule has 0 radical (unpaired) electrons. The maximum absolute atomic E-state index is 12.9. The fraction of sp³-hybridized carbons (Fsp3) is 0.538. The van der Waals surface area contributed by atoms with Gasteiger partial charge in [0.15, 0.2) is 0 Å². The lowest BCUT2D eigenvalue weighted by atomic mass is 9.91. The van der Waals surface area contributed by atoms with Gasteiger partial charge in [0.1, 0.15) is 5.82 Å². The van der Waals surface area contributed by atoms with Gasteiger partial charge < -0.3 is 9.84 Å². The van der Waals surface area contributed by atoms with Crippen molar-refractivity contribution in [3.8, 4) is 0 Å². The number of hydrogen-bond acceptors (Lipinski definition) is 2. The molecule has 0 amide bonds. The van der Waals surface area contributed by atoms with Gasteiger partial charge in [-0.2, -0.15) is 0 Å². The minimum absolute atomic E-state index is 0.157. The number of hydrogen-bond donors (Lipinski definition) is 1. The molecule has 1 aliphatic heterocycles. The molecular formula is C13H16ClFO2. The van der Waals surface area contributed by atoms with Crippen LogP contribution in [0.25, 0.3) is 0 Å². The Hall–Kier alpha value is -0.640. The number of halogens is 2. The molecule has 1 aromatic carbocycles. The minimum atomic E-state index is -0.474. The molecule has 2 rings (SSSR count). The van der Waals surface area contributed by atoms with E-state index < -0.39 is 6.10 Å². The van der Waals surface area contributed by atoms with Gasteiger partial charge in [0.05, 0.1) is 12.7 Å². The first kappa shape index (κ1) is 12.8. The summed E-state index contributed by atoms with van der Waals surface area (Å²) in [4.78, 5) is 0. The summed E-state index contributed by atoms with van der Waals surface area (Å²) in [6, 6.07) is 4.27. The van der Waals surface area contributed by atoms with Gasteiger partial charge in [-0.25, -0.2) is 4.39 Å². The highest BCUT2D eigenvalue weighted by atomic mass is 35.5. The summed E-state index contributed by atoms with van der Waals surface area (Å²) >= 11 is 5.93. The van der Waals surface area contributed by atoms with E-state index in [0.29, 0.717) is 18.1 Å². The van der Waals surface area contributed by atoms with Gasteiger partial charge in [-0.15, -0.1) is 0 Å². The van der Waals surface area contributed by atoms with Crippen molar-refractivity contribution < 1.29 is 14.2 Å². The highest BCUT2D eigenvalue weighted by molar-refractivity contribution is 6.31. The molecule has 94 valence electrons. The fourth-order valence-electron chi connectivity index (χ4n) is 2.15. The monoisotopic (exact) mass is 258 g/mol. The molecular weight excluding hydrogens is 243 g/mol. The van der Waals surface area contributed by atoms with Crippen LogP contribution in [0.3, 0.4) is 0 Å². The van der Waals surface area contributed by atoms with E-state index in [1.54, 1.807) is 6.07 Å². The zero-order valence-electron chi connectivity index (χ0n) is 9.53. The van der Waals surface area contributed by atoms with Gasteiger partial charge in [0.2, 0.25) is 0 Å². The van der Waals surface area contributed by atoms with E-state index in [-0.39, 0.29) is 11.7 Å². The second kappa shape index (κ2) is 5.80. The molecule has 0 spiro atoms. The van der Waals surface area contributed by atoms with E-state index in [0.717, 1.165) is 25.0 Å². The van der Waals surface area contributed by atoms with Crippen molar-refractivity contribution in [1.82, 2.24) is 0 Å². The smallest absolute Gasteiger partial charge is 0.124 e. The number of rotatable bonds is 3. The summed E-state index contributed by atoms with van der Waals surface area (Å²) in [6.07, 6.45) is 1.93. The maximum atomic E-state index is 12.9. The number of aliphatic hydroxyl groups is 1. The van der Waals surface area contributed by atoms with Gasteiger partial charge in [-0.1, -0.05) is 17.7 Å². The standard InChI is InChI=1S/C13H16ClFO2/c14-12-7-11(15)4-3-9(12)6-13(16)10-2-1-5-17-8-10/h3-4,7,10,13,16H,1-2,5-6,8H2. The first-order valence-corrected chi connectivity index (χ1v) is 6.24. The van der Waals surface area contributed by atoms with Crippen molar-refractivity contribution in [2.75, 3.05) is 13.2 Å². The molecule has 2 atom stereocenters. The first-order valence-electron chi connectivity index (χ1n) is 5.86. The molecule has 17 heavy (non-hydrogen) atoms. The molecule has 2 nitrogen and oxygen atoms in total. The van der Waals surface area contributed by atoms with E-state index >= 15 is 0 Å². The molecule has 4 heteroatoms. The van der Waals surface area contributed by atoms with Crippen LogP contribution in [-0.4, -0.2) is 24.4 Å². The summed E-state index contributed by atoms with van der Waals surface area (Å²) in [6.45, 7) is 1.38. The van der Waals surface area contributed by atoms with Crippen molar-refractivity contribution in [1.29, 1.82) is 0 Å². The van der Waals surface area contributed by atoms with Crippen LogP contribution in [0.1, 0.15) is 18.4 Å². The Kier molecular flexibility index (Phi) is 4.37. The predicted molar refractivity (Wildman–Crippen MR) is 64.7 cm³/mol. The van der Waals surface area contributed by atoms with Gasteiger partial charge in [0, 0.05) is 24.0 Å². The Morgan fingerprint density at radius 1 is 1.53 bits per heavy atom. The molecule has 1 aromatic rings. The van der Waals surface area contributed by atoms with E-state index in [1.807, 2.05) is 0 Å². The van der Waals surface area contributed by atoms with Crippen molar-refractivity contribution in [3.63, 3.8) is 0 Å². The highest BCUT2D eigenvalue weighted by Crippen LogP contribution is 2.24. The van der Waals surface area contributed by atoms with Gasteiger partial charge in [-0.3, -0.25) is 0 Å². The van der Waals surface area contributed by atoms with E-state index in [2.05, 4.69) is 0 Å². The van der Waals surface area contributed by atoms with Crippen LogP contribution in [0.2, 0.25) is 5.02 Å². The van der Waals surface area contributed by atoms with Crippen LogP contribution in [0.5, 0.6) is 0 Å². The van der Waals surface area contributed by atoms with E-state index in [9.17, 15) is 9.50 Å². The molecule has 2 unspecified atom stereocenters. The van der Waals surface area contributed by atoms with Crippen molar-refractivity contribution in [2.45, 2.75) is 25.4 Å². The molecule has 1 saturated heterocycles. The average Bonchev–Trinajstić information content (AvgIpc) is 2.34. The highest BCUT2D eigenvalue weighted by Gasteiger charge is 2.23. The first-order chi connectivity index (χ1) is 8.16.